The molecule has 0 saturated carbocycles. The number of H-pyrrole nitrogens is 1. The molecule has 0 aliphatic carbocycles. The molecule has 0 spiro atoms. The molecular formula is C20H26N8O. The van der Waals surface area contributed by atoms with Crippen LogP contribution in [0.4, 0.5) is 11.8 Å². The van der Waals surface area contributed by atoms with E-state index in [2.05, 4.69) is 41.4 Å². The van der Waals surface area contributed by atoms with Crippen molar-refractivity contribution in [3.05, 3.63) is 48.5 Å². The third kappa shape index (κ3) is 4.36. The molecule has 4 rings (SSSR count). The van der Waals surface area contributed by atoms with E-state index < -0.39 is 0 Å². The molecule has 2 atom stereocenters. The van der Waals surface area contributed by atoms with Gasteiger partial charge in [-0.1, -0.05) is 0 Å². The Bertz CT molecular complexity index is 929. The van der Waals surface area contributed by atoms with Gasteiger partial charge in [0.25, 0.3) is 0 Å². The lowest BCUT2D eigenvalue weighted by atomic mass is 10.2. The minimum Gasteiger partial charge on any atom is -0.378 e. The number of nitrogens with one attached hydrogen (secondary N) is 2. The second-order valence-corrected chi connectivity index (χ2v) is 7.29. The van der Waals surface area contributed by atoms with E-state index in [1.807, 2.05) is 37.2 Å². The molecule has 0 bridgehead atoms. The fraction of sp³-hybridized carbons (Fsp3) is 0.400. The highest BCUT2D eigenvalue weighted by molar-refractivity contribution is 5.58. The number of aromatic nitrogens is 5. The zero-order chi connectivity index (χ0) is 20.2. The Morgan fingerprint density at radius 2 is 2.03 bits per heavy atom. The van der Waals surface area contributed by atoms with Gasteiger partial charge >= 0.3 is 0 Å². The molecule has 9 heteroatoms. The molecule has 1 fully saturated rings. The Balaban J connectivity index is 1.40. The maximum absolute atomic E-state index is 5.73. The zero-order valence-corrected chi connectivity index (χ0v) is 16.9. The summed E-state index contributed by atoms with van der Waals surface area (Å²) in [7, 11) is 5.64. The van der Waals surface area contributed by atoms with Gasteiger partial charge in [0, 0.05) is 70.7 Å². The van der Waals surface area contributed by atoms with Gasteiger partial charge in [-0.05, 0) is 24.3 Å². The van der Waals surface area contributed by atoms with Crippen molar-refractivity contribution in [3.63, 3.8) is 0 Å². The van der Waals surface area contributed by atoms with Crippen LogP contribution in [0.3, 0.4) is 0 Å². The van der Waals surface area contributed by atoms with Crippen molar-refractivity contribution < 1.29 is 4.74 Å². The monoisotopic (exact) mass is 394 g/mol. The van der Waals surface area contributed by atoms with Crippen LogP contribution in [0.15, 0.2) is 42.9 Å². The molecule has 0 unspecified atom stereocenters. The van der Waals surface area contributed by atoms with E-state index in [1.54, 1.807) is 25.7 Å². The Morgan fingerprint density at radius 3 is 2.79 bits per heavy atom. The number of ether oxygens (including phenoxy) is 1. The number of pyridine rings is 1. The number of anilines is 2. The van der Waals surface area contributed by atoms with Gasteiger partial charge in [0.2, 0.25) is 5.95 Å². The lowest BCUT2D eigenvalue weighted by molar-refractivity contribution is 0.0965. The number of rotatable bonds is 7. The van der Waals surface area contributed by atoms with Crippen molar-refractivity contribution in [2.24, 2.45) is 0 Å². The first-order valence-corrected chi connectivity index (χ1v) is 9.60. The SMILES string of the molecule is CO[C@@H]1CN(c2ccnc(N(C)C)n2)C[C@@H]1NCc1cc(-c2ccncc2)n[nH]1. The number of aromatic amines is 1. The van der Waals surface area contributed by atoms with Crippen LogP contribution in [0.2, 0.25) is 0 Å². The van der Waals surface area contributed by atoms with Crippen LogP contribution in [-0.2, 0) is 11.3 Å². The van der Waals surface area contributed by atoms with Crippen molar-refractivity contribution in [2.75, 3.05) is 44.1 Å². The van der Waals surface area contributed by atoms with Crippen molar-refractivity contribution in [1.29, 1.82) is 0 Å². The van der Waals surface area contributed by atoms with Crippen LogP contribution in [-0.4, -0.2) is 71.6 Å². The van der Waals surface area contributed by atoms with Gasteiger partial charge in [0.1, 0.15) is 5.82 Å². The summed E-state index contributed by atoms with van der Waals surface area (Å²) in [6, 6.07) is 8.09. The molecule has 2 N–H and O–H groups in total. The summed E-state index contributed by atoms with van der Waals surface area (Å²) in [6.45, 7) is 2.28. The maximum Gasteiger partial charge on any atom is 0.226 e. The Morgan fingerprint density at radius 1 is 1.21 bits per heavy atom. The van der Waals surface area contributed by atoms with E-state index >= 15 is 0 Å². The average Bonchev–Trinajstić information content (AvgIpc) is 3.40. The minimum atomic E-state index is 0.0790. The van der Waals surface area contributed by atoms with Crippen molar-refractivity contribution in [2.45, 2.75) is 18.7 Å². The van der Waals surface area contributed by atoms with E-state index in [4.69, 9.17) is 4.74 Å². The first-order chi connectivity index (χ1) is 14.1. The molecule has 4 heterocycles. The summed E-state index contributed by atoms with van der Waals surface area (Å²) >= 11 is 0. The molecule has 1 aliphatic heterocycles. The molecule has 29 heavy (non-hydrogen) atoms. The maximum atomic E-state index is 5.73. The minimum absolute atomic E-state index is 0.0790. The highest BCUT2D eigenvalue weighted by Gasteiger charge is 2.33. The van der Waals surface area contributed by atoms with Crippen LogP contribution in [0.25, 0.3) is 11.3 Å². The lowest BCUT2D eigenvalue weighted by Gasteiger charge is -2.19. The van der Waals surface area contributed by atoms with E-state index in [1.165, 1.54) is 0 Å². The quantitative estimate of drug-likeness (QED) is 0.620. The topological polar surface area (TPSA) is 95.1 Å². The molecule has 1 aliphatic rings. The van der Waals surface area contributed by atoms with Crippen LogP contribution in [0, 0.1) is 0 Å². The number of hydrogen-bond acceptors (Lipinski definition) is 8. The van der Waals surface area contributed by atoms with E-state index in [9.17, 15) is 0 Å². The first-order valence-electron chi connectivity index (χ1n) is 9.60. The second kappa shape index (κ2) is 8.54. The van der Waals surface area contributed by atoms with Crippen molar-refractivity contribution in [3.8, 4) is 11.3 Å². The number of nitrogens with zero attached hydrogens (tertiary/aromatic N) is 6. The van der Waals surface area contributed by atoms with Crippen molar-refractivity contribution >= 4 is 11.8 Å². The van der Waals surface area contributed by atoms with Crippen LogP contribution in [0.5, 0.6) is 0 Å². The van der Waals surface area contributed by atoms with E-state index in [0.29, 0.717) is 12.5 Å². The van der Waals surface area contributed by atoms with Crippen LogP contribution >= 0.6 is 0 Å². The number of methoxy groups -OCH3 is 1. The van der Waals surface area contributed by atoms with Gasteiger partial charge in [-0.25, -0.2) is 4.98 Å². The molecule has 152 valence electrons. The number of hydrogen-bond donors (Lipinski definition) is 2. The summed E-state index contributed by atoms with van der Waals surface area (Å²) in [4.78, 5) is 17.1. The molecule has 3 aromatic heterocycles. The molecule has 0 aromatic carbocycles. The Labute approximate surface area is 170 Å². The molecule has 1 saturated heterocycles. The zero-order valence-electron chi connectivity index (χ0n) is 16.9. The normalized spacial score (nSPS) is 18.9. The van der Waals surface area contributed by atoms with Gasteiger partial charge in [-0.3, -0.25) is 10.1 Å². The second-order valence-electron chi connectivity index (χ2n) is 7.29. The largest absolute Gasteiger partial charge is 0.378 e. The van der Waals surface area contributed by atoms with Gasteiger partial charge in [0.05, 0.1) is 17.8 Å². The van der Waals surface area contributed by atoms with E-state index in [-0.39, 0.29) is 12.1 Å². The average molecular weight is 394 g/mol. The fourth-order valence-electron chi connectivity index (χ4n) is 3.49. The third-order valence-electron chi connectivity index (χ3n) is 5.08. The lowest BCUT2D eigenvalue weighted by Crippen LogP contribution is -2.39. The van der Waals surface area contributed by atoms with E-state index in [0.717, 1.165) is 35.9 Å². The van der Waals surface area contributed by atoms with Gasteiger partial charge in [0.15, 0.2) is 0 Å². The van der Waals surface area contributed by atoms with Gasteiger partial charge < -0.3 is 19.9 Å². The summed E-state index contributed by atoms with van der Waals surface area (Å²) in [5.74, 6) is 1.62. The smallest absolute Gasteiger partial charge is 0.226 e. The summed E-state index contributed by atoms with van der Waals surface area (Å²) in [6.07, 6.45) is 5.42. The van der Waals surface area contributed by atoms with Crippen LogP contribution < -0.4 is 15.1 Å². The predicted octanol–water partition coefficient (Wildman–Crippen LogP) is 1.32. The van der Waals surface area contributed by atoms with Gasteiger partial charge in [-0.2, -0.15) is 10.1 Å². The fourth-order valence-corrected chi connectivity index (χ4v) is 3.49. The Kier molecular flexibility index (Phi) is 5.68. The highest BCUT2D eigenvalue weighted by atomic mass is 16.5. The molecule has 0 amide bonds. The highest BCUT2D eigenvalue weighted by Crippen LogP contribution is 2.22. The molecular weight excluding hydrogens is 368 g/mol. The van der Waals surface area contributed by atoms with Crippen molar-refractivity contribution in [1.82, 2.24) is 30.5 Å². The molecule has 3 aromatic rings. The first kappa shape index (κ1) is 19.3. The third-order valence-corrected chi connectivity index (χ3v) is 5.08. The van der Waals surface area contributed by atoms with Gasteiger partial charge in [-0.15, -0.1) is 0 Å². The Hall–Kier alpha value is -3.04. The predicted molar refractivity (Wildman–Crippen MR) is 112 cm³/mol. The summed E-state index contributed by atoms with van der Waals surface area (Å²) < 4.78 is 5.73. The standard InChI is InChI=1S/C20H26N8O/c1-27(2)20-22-9-6-19(24-20)28-12-17(18(13-28)29-3)23-11-15-10-16(26-25-15)14-4-7-21-8-5-14/h4-10,17-18,23H,11-13H2,1-3H3,(H,25,26)/t17-,18+/m0/s1. The molecule has 0 radical (unpaired) electrons. The molecule has 9 nitrogen and oxygen atoms in total. The summed E-state index contributed by atoms with van der Waals surface area (Å²) in [5, 5.41) is 11.1. The van der Waals surface area contributed by atoms with Crippen LogP contribution in [0.1, 0.15) is 5.69 Å². The summed E-state index contributed by atoms with van der Waals surface area (Å²) in [5.41, 5.74) is 2.99.